The van der Waals surface area contributed by atoms with Crippen molar-refractivity contribution in [1.82, 2.24) is 4.98 Å². The van der Waals surface area contributed by atoms with Crippen molar-refractivity contribution in [2.75, 3.05) is 7.11 Å². The molecule has 0 amide bonds. The maximum Gasteiger partial charge on any atom is 0.419 e. The van der Waals surface area contributed by atoms with Gasteiger partial charge in [-0.1, -0.05) is 11.6 Å². The highest BCUT2D eigenvalue weighted by Gasteiger charge is 2.37. The van der Waals surface area contributed by atoms with Crippen molar-refractivity contribution in [3.05, 3.63) is 46.4 Å². The van der Waals surface area contributed by atoms with Crippen LogP contribution in [-0.4, -0.2) is 17.3 Å². The third-order valence-corrected chi connectivity index (χ3v) is 3.21. The second kappa shape index (κ2) is 6.82. The van der Waals surface area contributed by atoms with E-state index in [0.717, 1.165) is 6.07 Å². The van der Waals surface area contributed by atoms with Crippen molar-refractivity contribution in [1.29, 1.82) is 0 Å². The van der Waals surface area contributed by atoms with E-state index in [4.69, 9.17) is 32.7 Å². The van der Waals surface area contributed by atoms with E-state index in [2.05, 4.69) is 4.98 Å². The summed E-state index contributed by atoms with van der Waals surface area (Å²) in [5.74, 6) is -2.57. The van der Waals surface area contributed by atoms with E-state index in [1.54, 1.807) is 0 Å². The van der Waals surface area contributed by atoms with Crippen LogP contribution in [0.4, 0.5) is 17.6 Å². The van der Waals surface area contributed by atoms with E-state index in [1.807, 2.05) is 0 Å². The van der Waals surface area contributed by atoms with Crippen LogP contribution in [0.1, 0.15) is 15.9 Å². The van der Waals surface area contributed by atoms with Crippen LogP contribution in [0, 0.1) is 5.82 Å². The van der Waals surface area contributed by atoms with Gasteiger partial charge in [-0.2, -0.15) is 18.2 Å². The Balaban J connectivity index is 2.56. The molecule has 0 N–H and O–H groups in total. The summed E-state index contributed by atoms with van der Waals surface area (Å²) in [5.41, 5.74) is -2.69. The first-order valence-corrected chi connectivity index (χ1v) is 6.88. The van der Waals surface area contributed by atoms with Crippen LogP contribution in [-0.2, 0) is 6.18 Å². The van der Waals surface area contributed by atoms with E-state index >= 15 is 0 Å². The highest BCUT2D eigenvalue weighted by atomic mass is 35.5. The Morgan fingerprint density at radius 2 is 1.79 bits per heavy atom. The highest BCUT2D eigenvalue weighted by Crippen LogP contribution is 2.39. The van der Waals surface area contributed by atoms with Gasteiger partial charge in [-0.05, 0) is 35.9 Å². The second-order valence-corrected chi connectivity index (χ2v) is 5.05. The lowest BCUT2D eigenvalue weighted by Gasteiger charge is -2.15. The normalized spacial score (nSPS) is 11.3. The summed E-state index contributed by atoms with van der Waals surface area (Å²) in [6, 6.07) is 3.80. The van der Waals surface area contributed by atoms with Gasteiger partial charge in [0.1, 0.15) is 16.5 Å². The predicted molar refractivity (Wildman–Crippen MR) is 77.5 cm³/mol. The highest BCUT2D eigenvalue weighted by molar-refractivity contribution is 6.68. The molecule has 2 aromatic rings. The molecule has 0 aliphatic rings. The van der Waals surface area contributed by atoms with Crippen LogP contribution in [0.3, 0.4) is 0 Å². The topological polar surface area (TPSA) is 48.4 Å². The molecular weight excluding hydrogens is 377 g/mol. The van der Waals surface area contributed by atoms with Gasteiger partial charge in [0.25, 0.3) is 11.1 Å². The van der Waals surface area contributed by atoms with E-state index in [1.165, 1.54) is 19.2 Å². The number of aromatic nitrogens is 1. The van der Waals surface area contributed by atoms with Crippen LogP contribution < -0.4 is 9.47 Å². The molecule has 1 aromatic heterocycles. The Kier molecular flexibility index (Phi) is 5.19. The van der Waals surface area contributed by atoms with Crippen molar-refractivity contribution in [3.63, 3.8) is 0 Å². The van der Waals surface area contributed by atoms with Gasteiger partial charge >= 0.3 is 6.18 Å². The average Bonchev–Trinajstić information content (AvgIpc) is 2.47. The van der Waals surface area contributed by atoms with Gasteiger partial charge in [0.15, 0.2) is 11.6 Å². The fourth-order valence-electron chi connectivity index (χ4n) is 1.79. The van der Waals surface area contributed by atoms with Gasteiger partial charge in [0, 0.05) is 0 Å². The summed E-state index contributed by atoms with van der Waals surface area (Å²) in [7, 11) is 1.24. The van der Waals surface area contributed by atoms with Crippen LogP contribution in [0.25, 0.3) is 0 Å². The first kappa shape index (κ1) is 18.3. The summed E-state index contributed by atoms with van der Waals surface area (Å²) in [6.07, 6.45) is -5.00. The first-order valence-electron chi connectivity index (χ1n) is 6.13. The maximum absolute atomic E-state index is 14.1. The molecule has 0 fully saturated rings. The number of carbonyl (C=O) groups excluding carboxylic acids is 1. The molecule has 0 aliphatic carbocycles. The van der Waals surface area contributed by atoms with Crippen LogP contribution in [0.5, 0.6) is 17.4 Å². The van der Waals surface area contributed by atoms with Gasteiger partial charge in [-0.15, -0.1) is 0 Å². The molecule has 0 spiro atoms. The van der Waals surface area contributed by atoms with E-state index < -0.39 is 34.1 Å². The number of methoxy groups -OCH3 is 1. The lowest BCUT2D eigenvalue weighted by Crippen LogP contribution is -2.12. The molecule has 0 aliphatic heterocycles. The molecule has 24 heavy (non-hydrogen) atoms. The fourth-order valence-corrected chi connectivity index (χ4v) is 2.11. The molecular formula is C14H7Cl2F4NO3. The van der Waals surface area contributed by atoms with Crippen molar-refractivity contribution in [2.45, 2.75) is 6.18 Å². The van der Waals surface area contributed by atoms with E-state index in [9.17, 15) is 22.4 Å². The molecule has 0 unspecified atom stereocenters. The zero-order valence-electron chi connectivity index (χ0n) is 11.7. The molecule has 1 heterocycles. The maximum atomic E-state index is 14.1. The van der Waals surface area contributed by atoms with Crippen LogP contribution in [0.15, 0.2) is 24.3 Å². The quantitative estimate of drug-likeness (QED) is 0.420. The van der Waals surface area contributed by atoms with Crippen LogP contribution >= 0.6 is 23.2 Å². The number of pyridine rings is 1. The molecule has 0 atom stereocenters. The van der Waals surface area contributed by atoms with Gasteiger partial charge in [-0.3, -0.25) is 4.79 Å². The van der Waals surface area contributed by atoms with Crippen molar-refractivity contribution >= 4 is 28.4 Å². The Hall–Kier alpha value is -2.06. The molecule has 10 heteroatoms. The number of rotatable bonds is 4. The average molecular weight is 384 g/mol. The molecule has 0 saturated carbocycles. The van der Waals surface area contributed by atoms with Crippen LogP contribution in [0.2, 0.25) is 5.15 Å². The van der Waals surface area contributed by atoms with Gasteiger partial charge < -0.3 is 9.47 Å². The Bertz CT molecular complexity index is 796. The van der Waals surface area contributed by atoms with Gasteiger partial charge in [0.2, 0.25) is 0 Å². The summed E-state index contributed by atoms with van der Waals surface area (Å²) in [4.78, 5) is 15.1. The second-order valence-electron chi connectivity index (χ2n) is 4.32. The monoisotopic (exact) mass is 383 g/mol. The molecule has 1 aromatic carbocycles. The van der Waals surface area contributed by atoms with Crippen molar-refractivity contribution in [3.8, 4) is 17.4 Å². The van der Waals surface area contributed by atoms with Crippen molar-refractivity contribution in [2.24, 2.45) is 0 Å². The molecule has 0 bridgehead atoms. The Morgan fingerprint density at radius 1 is 1.17 bits per heavy atom. The largest absolute Gasteiger partial charge is 0.478 e. The third kappa shape index (κ3) is 3.70. The minimum Gasteiger partial charge on any atom is -0.478 e. The number of ether oxygens (including phenoxy) is 2. The summed E-state index contributed by atoms with van der Waals surface area (Å²) in [5, 5.41) is -1.39. The fraction of sp³-hybridized carbons (Fsp3) is 0.143. The minimum atomic E-state index is -5.00. The molecule has 0 saturated heterocycles. The van der Waals surface area contributed by atoms with Gasteiger partial charge in [0.05, 0.1) is 12.7 Å². The minimum absolute atomic E-state index is 0.0615. The zero-order valence-corrected chi connectivity index (χ0v) is 13.3. The lowest BCUT2D eigenvalue weighted by atomic mass is 10.1. The van der Waals surface area contributed by atoms with Gasteiger partial charge in [-0.25, -0.2) is 4.39 Å². The summed E-state index contributed by atoms with van der Waals surface area (Å²) >= 11 is 10.9. The molecule has 2 rings (SSSR count). The molecule has 128 valence electrons. The van der Waals surface area contributed by atoms with Crippen molar-refractivity contribution < 1.29 is 31.8 Å². The summed E-state index contributed by atoms with van der Waals surface area (Å²) < 4.78 is 62.4. The SMILES string of the molecule is COc1nc(Cl)ccc1Oc1ccc(C(F)(F)F)c(F)c1C(=O)Cl. The number of nitrogens with zero attached hydrogens (tertiary/aromatic N) is 1. The first-order chi connectivity index (χ1) is 11.1. The molecule has 0 radical (unpaired) electrons. The standard InChI is InChI=1S/C14H7Cl2F4NO3/c1-23-13-8(4-5-9(15)21-13)24-7-3-2-6(14(18,19)20)11(17)10(7)12(16)22/h2-5H,1H3. The Labute approximate surface area is 142 Å². The lowest BCUT2D eigenvalue weighted by molar-refractivity contribution is -0.140. The summed E-state index contributed by atoms with van der Waals surface area (Å²) in [6.45, 7) is 0. The van der Waals surface area contributed by atoms with E-state index in [0.29, 0.717) is 6.07 Å². The number of benzene rings is 1. The number of hydrogen-bond acceptors (Lipinski definition) is 4. The number of halogens is 6. The number of hydrogen-bond donors (Lipinski definition) is 0. The smallest absolute Gasteiger partial charge is 0.419 e. The molecule has 4 nitrogen and oxygen atoms in total. The zero-order chi connectivity index (χ0) is 18.1. The predicted octanol–water partition coefficient (Wildman–Crippen LogP) is 5.07. The number of alkyl halides is 3. The Morgan fingerprint density at radius 3 is 2.33 bits per heavy atom. The van der Waals surface area contributed by atoms with E-state index in [-0.39, 0.29) is 16.8 Å². The number of carbonyl (C=O) groups is 1. The third-order valence-electron chi connectivity index (χ3n) is 2.81.